The van der Waals surface area contributed by atoms with Gasteiger partial charge in [-0.3, -0.25) is 14.4 Å². The van der Waals surface area contributed by atoms with Crippen molar-refractivity contribution in [3.63, 3.8) is 0 Å². The van der Waals surface area contributed by atoms with Gasteiger partial charge in [0.15, 0.2) is 5.67 Å². The smallest absolute Gasteiger partial charge is 0.258 e. The zero-order chi connectivity index (χ0) is 35.5. The van der Waals surface area contributed by atoms with Crippen LogP contribution in [0.5, 0.6) is 0 Å². The van der Waals surface area contributed by atoms with Gasteiger partial charge in [0.25, 0.3) is 5.91 Å². The first-order valence-electron chi connectivity index (χ1n) is 16.8. The molecular weight excluding hydrogens is 673 g/mol. The Morgan fingerprint density at radius 2 is 1.38 bits per heavy atom. The second-order valence-electron chi connectivity index (χ2n) is 13.6. The molecule has 4 aromatic rings. The Bertz CT molecular complexity index is 1710. The van der Waals surface area contributed by atoms with Crippen LogP contribution in [0.25, 0.3) is 0 Å². The number of carbonyl (C=O) groups excluding carboxylic acids is 3. The molecule has 1 aliphatic heterocycles. The lowest BCUT2D eigenvalue weighted by Crippen LogP contribution is -2.61. The number of carbonyl (C=O) groups is 3. The minimum atomic E-state index is -2.05. The molecule has 0 aromatic heterocycles. The summed E-state index contributed by atoms with van der Waals surface area (Å²) in [6.45, 7) is 3.82. The molecule has 0 spiro atoms. The number of aliphatic hydroxyl groups excluding tert-OH is 1. The van der Waals surface area contributed by atoms with Gasteiger partial charge in [-0.2, -0.15) is 0 Å². The minimum absolute atomic E-state index is 0.0292. The predicted molar refractivity (Wildman–Crippen MR) is 195 cm³/mol. The van der Waals surface area contributed by atoms with Gasteiger partial charge in [0, 0.05) is 29.3 Å². The van der Waals surface area contributed by atoms with Crippen LogP contribution in [0.15, 0.2) is 115 Å². The van der Waals surface area contributed by atoms with Gasteiger partial charge in [0.05, 0.1) is 10.9 Å². The molecule has 0 radical (unpaired) electrons. The summed E-state index contributed by atoms with van der Waals surface area (Å²) in [7, 11) is 0. The first kappa shape index (κ1) is 35.6. The maximum absolute atomic E-state index is 15.3. The van der Waals surface area contributed by atoms with Gasteiger partial charge >= 0.3 is 0 Å². The molecule has 1 heterocycles. The first-order valence-corrected chi connectivity index (χ1v) is 18.0. The number of amides is 3. The molecule has 1 aliphatic carbocycles. The average molecular weight is 714 g/mol. The Hall–Kier alpha value is -4.18. The van der Waals surface area contributed by atoms with Crippen molar-refractivity contribution in [2.45, 2.75) is 73.0 Å². The van der Waals surface area contributed by atoms with Gasteiger partial charge in [-0.05, 0) is 61.1 Å². The molecule has 6 rings (SSSR count). The highest BCUT2D eigenvalue weighted by Crippen LogP contribution is 2.54. The fourth-order valence-corrected chi connectivity index (χ4v) is 8.61. The number of hydrogen-bond acceptors (Lipinski definition) is 5. The molecule has 7 nitrogen and oxygen atoms in total. The van der Waals surface area contributed by atoms with Crippen LogP contribution < -0.4 is 10.6 Å². The first-order chi connectivity index (χ1) is 23.9. The van der Waals surface area contributed by atoms with Crippen LogP contribution in [0.3, 0.4) is 0 Å². The molecule has 3 amide bonds. The summed E-state index contributed by atoms with van der Waals surface area (Å²) >= 11 is 7.49. The van der Waals surface area contributed by atoms with Crippen LogP contribution in [-0.2, 0) is 25.7 Å². The Balaban J connectivity index is 1.38. The summed E-state index contributed by atoms with van der Waals surface area (Å²) in [4.78, 5) is 43.2. The molecule has 2 aliphatic rings. The predicted octanol–water partition coefficient (Wildman–Crippen LogP) is 6.41. The standard InChI is InChI=1S/C40H41ClFN3O4S/c1-38(2,50-40(28-12-6-3-7-13-28,29-14-8-4-9-15-29)30-16-10-5-11-17-30)34(44-37(49)39(42)22-23-39)36(48)45-26-32(46)24-33(45)35(47)43-25-27-18-20-31(41)21-19-27/h3-21,32-34,46H,22-26H2,1-2H3,(H,43,47)(H,44,49)/t32-,33+,34-/m1/s1. The highest BCUT2D eigenvalue weighted by atomic mass is 35.5. The third-order valence-electron chi connectivity index (χ3n) is 9.52. The van der Waals surface area contributed by atoms with E-state index in [2.05, 4.69) is 10.6 Å². The van der Waals surface area contributed by atoms with Crippen molar-refractivity contribution in [1.29, 1.82) is 0 Å². The van der Waals surface area contributed by atoms with E-state index in [0.717, 1.165) is 22.3 Å². The monoisotopic (exact) mass is 713 g/mol. The van der Waals surface area contributed by atoms with Crippen LogP contribution in [0.1, 0.15) is 55.4 Å². The minimum Gasteiger partial charge on any atom is -0.391 e. The Labute approximate surface area is 301 Å². The van der Waals surface area contributed by atoms with Gasteiger partial charge in [-0.1, -0.05) is 115 Å². The molecule has 50 heavy (non-hydrogen) atoms. The van der Waals surface area contributed by atoms with Crippen LogP contribution in [0.4, 0.5) is 4.39 Å². The summed E-state index contributed by atoms with van der Waals surface area (Å²) in [5.41, 5.74) is 1.63. The molecule has 0 unspecified atom stereocenters. The van der Waals surface area contributed by atoms with Gasteiger partial charge in [0.2, 0.25) is 11.8 Å². The average Bonchev–Trinajstić information content (AvgIpc) is 3.77. The zero-order valence-electron chi connectivity index (χ0n) is 28.0. The highest BCUT2D eigenvalue weighted by Gasteiger charge is 2.55. The van der Waals surface area contributed by atoms with Crippen molar-refractivity contribution in [3.05, 3.63) is 143 Å². The molecule has 1 saturated carbocycles. The normalized spacial score (nSPS) is 19.0. The number of nitrogens with zero attached hydrogens (tertiary/aromatic N) is 1. The molecule has 3 atom stereocenters. The highest BCUT2D eigenvalue weighted by molar-refractivity contribution is 8.02. The Kier molecular flexibility index (Phi) is 10.4. The summed E-state index contributed by atoms with van der Waals surface area (Å²) in [5.74, 6) is -1.85. The van der Waals surface area contributed by atoms with Crippen molar-refractivity contribution in [2.75, 3.05) is 6.54 Å². The molecule has 2 fully saturated rings. The van der Waals surface area contributed by atoms with E-state index in [1.54, 1.807) is 24.3 Å². The Morgan fingerprint density at radius 1 is 0.880 bits per heavy atom. The second kappa shape index (κ2) is 14.6. The van der Waals surface area contributed by atoms with Gasteiger partial charge in [-0.15, -0.1) is 11.8 Å². The van der Waals surface area contributed by atoms with E-state index >= 15 is 4.39 Å². The number of β-amino-alcohol motifs (C(OH)–C–C–N with tert-alkyl or cyclic N) is 1. The maximum Gasteiger partial charge on any atom is 0.258 e. The molecule has 10 heteroatoms. The molecule has 4 aromatic carbocycles. The third kappa shape index (κ3) is 7.45. The van der Waals surface area contributed by atoms with Crippen LogP contribution in [-0.4, -0.2) is 62.9 Å². The SMILES string of the molecule is CC(C)(SC(c1ccccc1)(c1ccccc1)c1ccccc1)[C@H](NC(=O)C1(F)CC1)C(=O)N1C[C@H](O)C[C@H]1C(=O)NCc1ccc(Cl)cc1. The largest absolute Gasteiger partial charge is 0.391 e. The van der Waals surface area contributed by atoms with Crippen molar-refractivity contribution in [3.8, 4) is 0 Å². The van der Waals surface area contributed by atoms with E-state index in [1.165, 1.54) is 16.7 Å². The topological polar surface area (TPSA) is 98.7 Å². The third-order valence-corrected chi connectivity index (χ3v) is 11.5. The number of rotatable bonds is 12. The summed E-state index contributed by atoms with van der Waals surface area (Å²) in [6, 6.07) is 34.6. The number of aliphatic hydroxyl groups is 1. The second-order valence-corrected chi connectivity index (χ2v) is 15.9. The number of nitrogens with one attached hydrogen (secondary N) is 2. The lowest BCUT2D eigenvalue weighted by molar-refractivity contribution is -0.143. The van der Waals surface area contributed by atoms with E-state index in [9.17, 15) is 19.5 Å². The summed E-state index contributed by atoms with van der Waals surface area (Å²) < 4.78 is 13.3. The number of likely N-dealkylation sites (tertiary alicyclic amines) is 1. The van der Waals surface area contributed by atoms with Crippen molar-refractivity contribution < 1.29 is 23.9 Å². The van der Waals surface area contributed by atoms with E-state index in [1.807, 2.05) is 105 Å². The van der Waals surface area contributed by atoms with E-state index in [-0.39, 0.29) is 32.4 Å². The van der Waals surface area contributed by atoms with Gasteiger partial charge < -0.3 is 20.6 Å². The summed E-state index contributed by atoms with van der Waals surface area (Å²) in [6.07, 6.45) is -0.770. The van der Waals surface area contributed by atoms with Crippen LogP contribution in [0, 0.1) is 0 Å². The van der Waals surface area contributed by atoms with E-state index in [4.69, 9.17) is 11.6 Å². The quantitative estimate of drug-likeness (QED) is 0.148. The van der Waals surface area contributed by atoms with E-state index in [0.29, 0.717) is 5.02 Å². The Morgan fingerprint density at radius 3 is 1.86 bits per heavy atom. The lowest BCUT2D eigenvalue weighted by atomic mass is 9.84. The number of hydrogen-bond donors (Lipinski definition) is 3. The lowest BCUT2D eigenvalue weighted by Gasteiger charge is -2.45. The van der Waals surface area contributed by atoms with Crippen molar-refractivity contribution in [2.24, 2.45) is 0 Å². The van der Waals surface area contributed by atoms with Crippen LogP contribution >= 0.6 is 23.4 Å². The number of halogens is 2. The molecular formula is C40H41ClFN3O4S. The number of thioether (sulfide) groups is 1. The molecule has 3 N–H and O–H groups in total. The van der Waals surface area contributed by atoms with Crippen molar-refractivity contribution in [1.82, 2.24) is 15.5 Å². The summed E-state index contributed by atoms with van der Waals surface area (Å²) in [5, 5.41) is 17.0. The molecule has 0 bridgehead atoms. The number of benzene rings is 4. The zero-order valence-corrected chi connectivity index (χ0v) is 29.6. The van der Waals surface area contributed by atoms with Crippen LogP contribution in [0.2, 0.25) is 5.02 Å². The van der Waals surface area contributed by atoms with Gasteiger partial charge in [-0.25, -0.2) is 4.39 Å². The number of alkyl halides is 1. The fraction of sp³-hybridized carbons (Fsp3) is 0.325. The van der Waals surface area contributed by atoms with Gasteiger partial charge in [0.1, 0.15) is 12.1 Å². The molecule has 260 valence electrons. The fourth-order valence-electron chi connectivity index (χ4n) is 6.66. The maximum atomic E-state index is 15.3. The molecule has 1 saturated heterocycles. The van der Waals surface area contributed by atoms with E-state index < -0.39 is 51.1 Å². The van der Waals surface area contributed by atoms with Crippen molar-refractivity contribution >= 4 is 41.1 Å².